The molecular weight excluding hydrogens is 436 g/mol. The summed E-state index contributed by atoms with van der Waals surface area (Å²) in [6, 6.07) is 15.4. The van der Waals surface area contributed by atoms with E-state index in [1.54, 1.807) is 4.57 Å². The van der Waals surface area contributed by atoms with Crippen molar-refractivity contribution >= 4 is 57.3 Å². The third kappa shape index (κ3) is 4.38. The molecule has 0 fully saturated rings. The number of H-pyrrole nitrogens is 1. The molecule has 2 aromatic carbocycles. The van der Waals surface area contributed by atoms with Gasteiger partial charge in [-0.05, 0) is 50.3 Å². The molecule has 4 aromatic rings. The molecule has 0 saturated heterocycles. The number of aromatic amines is 1. The van der Waals surface area contributed by atoms with E-state index in [2.05, 4.69) is 15.3 Å². The van der Waals surface area contributed by atoms with Crippen LogP contribution in [0.15, 0.2) is 58.5 Å². The van der Waals surface area contributed by atoms with Gasteiger partial charge in [0.25, 0.3) is 5.56 Å². The van der Waals surface area contributed by atoms with Crippen LogP contribution in [0.4, 0.5) is 5.69 Å². The molecule has 30 heavy (non-hydrogen) atoms. The molecule has 2 N–H and O–H groups in total. The average molecular weight is 455 g/mol. The monoisotopic (exact) mass is 454 g/mol. The number of carbonyl (C=O) groups excluding carboxylic acids is 1. The second-order valence-corrected chi connectivity index (χ2v) is 9.37. The highest BCUT2D eigenvalue weighted by Crippen LogP contribution is 2.25. The number of hydrogen-bond donors (Lipinski definition) is 2. The molecule has 0 bridgehead atoms. The van der Waals surface area contributed by atoms with Crippen LogP contribution in [0.25, 0.3) is 16.0 Å². The minimum Gasteiger partial charge on any atom is -0.325 e. The molecule has 9 heteroatoms. The zero-order valence-electron chi connectivity index (χ0n) is 16.3. The Bertz CT molecular complexity index is 1340. The molecule has 4 rings (SSSR count). The van der Waals surface area contributed by atoms with Gasteiger partial charge in [0.15, 0.2) is 14.8 Å². The molecule has 0 spiro atoms. The van der Waals surface area contributed by atoms with Gasteiger partial charge >= 0.3 is 0 Å². The first-order valence-corrected chi connectivity index (χ1v) is 11.3. The highest BCUT2D eigenvalue weighted by molar-refractivity contribution is 7.99. The summed E-state index contributed by atoms with van der Waals surface area (Å²) in [5.74, 6) is -0.0511. The van der Waals surface area contributed by atoms with Crippen LogP contribution in [0, 0.1) is 17.8 Å². The molecule has 1 amide bonds. The van der Waals surface area contributed by atoms with Crippen LogP contribution < -0.4 is 10.9 Å². The van der Waals surface area contributed by atoms with Crippen molar-refractivity contribution in [1.82, 2.24) is 14.5 Å². The van der Waals surface area contributed by atoms with Crippen molar-refractivity contribution in [1.29, 1.82) is 0 Å². The topological polar surface area (TPSA) is 79.8 Å². The highest BCUT2D eigenvalue weighted by atomic mass is 32.2. The third-order valence-corrected chi connectivity index (χ3v) is 6.62. The van der Waals surface area contributed by atoms with E-state index in [9.17, 15) is 9.59 Å². The molecule has 0 aliphatic heterocycles. The van der Waals surface area contributed by atoms with Crippen molar-refractivity contribution in [2.24, 2.45) is 0 Å². The molecule has 0 atom stereocenters. The average Bonchev–Trinajstić information content (AvgIpc) is 3.05. The largest absolute Gasteiger partial charge is 0.325 e. The SMILES string of the molecule is Cc1ccc(NC(=O)CSc2nc3c(sc(=S)n3-c3ccc(C)cc3)c(=O)[nH]2)cc1. The van der Waals surface area contributed by atoms with E-state index in [0.29, 0.717) is 19.5 Å². The summed E-state index contributed by atoms with van der Waals surface area (Å²) in [5.41, 5.74) is 4.07. The minimum atomic E-state index is -0.261. The minimum absolute atomic E-state index is 0.123. The van der Waals surface area contributed by atoms with Crippen LogP contribution in [0.2, 0.25) is 0 Å². The number of nitrogens with one attached hydrogen (secondary N) is 2. The van der Waals surface area contributed by atoms with Gasteiger partial charge in [-0.25, -0.2) is 4.98 Å². The zero-order valence-corrected chi connectivity index (χ0v) is 18.7. The summed E-state index contributed by atoms with van der Waals surface area (Å²) >= 11 is 7.87. The first-order chi connectivity index (χ1) is 14.4. The van der Waals surface area contributed by atoms with Gasteiger partial charge in [0, 0.05) is 11.4 Å². The quantitative estimate of drug-likeness (QED) is 0.256. The van der Waals surface area contributed by atoms with Crippen molar-refractivity contribution in [2.45, 2.75) is 19.0 Å². The van der Waals surface area contributed by atoms with E-state index < -0.39 is 0 Å². The number of rotatable bonds is 5. The number of fused-ring (bicyclic) bond motifs is 1. The number of aryl methyl sites for hydroxylation is 2. The normalized spacial score (nSPS) is 11.0. The van der Waals surface area contributed by atoms with Crippen LogP contribution in [0.1, 0.15) is 11.1 Å². The fraction of sp³-hybridized carbons (Fsp3) is 0.143. The lowest BCUT2D eigenvalue weighted by Gasteiger charge is -2.07. The van der Waals surface area contributed by atoms with Crippen LogP contribution in [-0.4, -0.2) is 26.2 Å². The van der Waals surface area contributed by atoms with Crippen molar-refractivity contribution in [3.05, 3.63) is 74.0 Å². The molecule has 0 saturated carbocycles. The van der Waals surface area contributed by atoms with E-state index in [1.165, 1.54) is 23.1 Å². The highest BCUT2D eigenvalue weighted by Gasteiger charge is 2.14. The predicted molar refractivity (Wildman–Crippen MR) is 126 cm³/mol. The molecule has 6 nitrogen and oxygen atoms in total. The van der Waals surface area contributed by atoms with E-state index in [4.69, 9.17) is 12.2 Å². The lowest BCUT2D eigenvalue weighted by molar-refractivity contribution is -0.113. The molecule has 0 aliphatic carbocycles. The van der Waals surface area contributed by atoms with Gasteiger partial charge in [-0.1, -0.05) is 58.5 Å². The van der Waals surface area contributed by atoms with E-state index in [1.807, 2.05) is 62.4 Å². The molecular formula is C21H18N4O2S3. The van der Waals surface area contributed by atoms with E-state index in [-0.39, 0.29) is 17.2 Å². The molecule has 2 heterocycles. The number of carbonyl (C=O) groups is 1. The van der Waals surface area contributed by atoms with Gasteiger partial charge < -0.3 is 10.3 Å². The van der Waals surface area contributed by atoms with Crippen molar-refractivity contribution < 1.29 is 4.79 Å². The first kappa shape index (κ1) is 20.5. The summed E-state index contributed by atoms with van der Waals surface area (Å²) < 4.78 is 2.81. The van der Waals surface area contributed by atoms with Gasteiger partial charge in [0.1, 0.15) is 4.70 Å². The Labute approximate surface area is 186 Å². The first-order valence-electron chi connectivity index (χ1n) is 9.13. The summed E-state index contributed by atoms with van der Waals surface area (Å²) in [6.45, 7) is 4.00. The number of nitrogens with zero attached hydrogens (tertiary/aromatic N) is 2. The van der Waals surface area contributed by atoms with Crippen molar-refractivity contribution in [2.75, 3.05) is 11.1 Å². The summed E-state index contributed by atoms with van der Waals surface area (Å²) in [5, 5.41) is 3.21. The van der Waals surface area contributed by atoms with Gasteiger partial charge in [-0.2, -0.15) is 0 Å². The number of anilines is 1. The Morgan fingerprint density at radius 3 is 2.43 bits per heavy atom. The van der Waals surface area contributed by atoms with Gasteiger partial charge in [-0.3, -0.25) is 14.2 Å². The Balaban J connectivity index is 1.59. The fourth-order valence-corrected chi connectivity index (χ4v) is 4.78. The van der Waals surface area contributed by atoms with Crippen LogP contribution >= 0.6 is 35.3 Å². The van der Waals surface area contributed by atoms with Gasteiger partial charge in [0.2, 0.25) is 5.91 Å². The smallest absolute Gasteiger partial charge is 0.271 e. The number of hydrogen-bond acceptors (Lipinski definition) is 6. The van der Waals surface area contributed by atoms with Crippen LogP contribution in [-0.2, 0) is 4.79 Å². The standard InChI is InChI=1S/C21H18N4O2S3/c1-12-3-7-14(8-4-12)22-16(26)11-29-20-23-18-17(19(27)24-20)30-21(28)25(18)15-9-5-13(2)6-10-15/h3-10H,11H2,1-2H3,(H,22,26)(H,23,24,27). The summed E-state index contributed by atoms with van der Waals surface area (Å²) in [7, 11) is 0. The number of benzene rings is 2. The lowest BCUT2D eigenvalue weighted by atomic mass is 10.2. The Morgan fingerprint density at radius 1 is 1.13 bits per heavy atom. The second-order valence-electron chi connectivity index (χ2n) is 6.77. The maximum Gasteiger partial charge on any atom is 0.271 e. The number of thioether (sulfide) groups is 1. The maximum absolute atomic E-state index is 12.6. The number of thiazole rings is 1. The molecule has 0 radical (unpaired) electrons. The Morgan fingerprint density at radius 2 is 1.77 bits per heavy atom. The predicted octanol–water partition coefficient (Wildman–Crippen LogP) is 4.85. The fourth-order valence-electron chi connectivity index (χ4n) is 2.85. The van der Waals surface area contributed by atoms with Crippen molar-refractivity contribution in [3.8, 4) is 5.69 Å². The van der Waals surface area contributed by atoms with Gasteiger partial charge in [-0.15, -0.1) is 0 Å². The Hall–Kier alpha value is -2.75. The summed E-state index contributed by atoms with van der Waals surface area (Å²) in [6.07, 6.45) is 0. The van der Waals surface area contributed by atoms with Crippen molar-refractivity contribution in [3.63, 3.8) is 0 Å². The van der Waals surface area contributed by atoms with E-state index >= 15 is 0 Å². The molecule has 2 aromatic heterocycles. The third-order valence-electron chi connectivity index (χ3n) is 4.39. The van der Waals surface area contributed by atoms with Crippen LogP contribution in [0.5, 0.6) is 0 Å². The number of aromatic nitrogens is 3. The Kier molecular flexibility index (Phi) is 5.85. The second kappa shape index (κ2) is 8.55. The van der Waals surface area contributed by atoms with Gasteiger partial charge in [0.05, 0.1) is 5.75 Å². The zero-order chi connectivity index (χ0) is 21.3. The number of amides is 1. The maximum atomic E-state index is 12.6. The molecule has 0 unspecified atom stereocenters. The lowest BCUT2D eigenvalue weighted by Crippen LogP contribution is -2.15. The van der Waals surface area contributed by atoms with E-state index in [0.717, 1.165) is 22.5 Å². The molecule has 0 aliphatic rings. The molecule has 152 valence electrons. The summed E-state index contributed by atoms with van der Waals surface area (Å²) in [4.78, 5) is 32.2. The van der Waals surface area contributed by atoms with Crippen LogP contribution in [0.3, 0.4) is 0 Å².